The molecule has 63 heavy (non-hydrogen) atoms. The van der Waals surface area contributed by atoms with E-state index >= 15 is 0 Å². The summed E-state index contributed by atoms with van der Waals surface area (Å²) in [4.78, 5) is 66.0. The van der Waals surface area contributed by atoms with Gasteiger partial charge in [-0.25, -0.2) is 28.3 Å². The van der Waals surface area contributed by atoms with Crippen LogP contribution in [0.2, 0.25) is 5.02 Å². The number of amides is 3. The summed E-state index contributed by atoms with van der Waals surface area (Å²) in [6, 6.07) is 2.93. The Labute approximate surface area is 374 Å². The van der Waals surface area contributed by atoms with Crippen molar-refractivity contribution in [3.63, 3.8) is 0 Å². The summed E-state index contributed by atoms with van der Waals surface area (Å²) in [7, 11) is 0. The van der Waals surface area contributed by atoms with Crippen LogP contribution in [0.3, 0.4) is 0 Å². The zero-order chi connectivity index (χ0) is 45.2. The van der Waals surface area contributed by atoms with Crippen molar-refractivity contribution in [2.24, 2.45) is 29.1 Å². The molecule has 4 aliphatic carbocycles. The van der Waals surface area contributed by atoms with Gasteiger partial charge in [0.15, 0.2) is 5.13 Å². The van der Waals surface area contributed by atoms with Gasteiger partial charge >= 0.3 is 12.1 Å². The first-order chi connectivity index (χ1) is 29.7. The van der Waals surface area contributed by atoms with Gasteiger partial charge in [0.05, 0.1) is 24.4 Å². The second-order valence-corrected chi connectivity index (χ2v) is 20.9. The van der Waals surface area contributed by atoms with Crippen molar-refractivity contribution in [1.82, 2.24) is 25.5 Å². The number of alkyl carbamates (subject to hydrolysis) is 1. The summed E-state index contributed by atoms with van der Waals surface area (Å²) < 4.78 is 46.5. The lowest BCUT2D eigenvalue weighted by atomic mass is 9.85. The highest BCUT2D eigenvalue weighted by atomic mass is 35.5. The molecule has 1 aliphatic heterocycles. The number of carbonyl (C=O) groups is 4. The first kappa shape index (κ1) is 45.1. The van der Waals surface area contributed by atoms with Crippen LogP contribution in [0, 0.1) is 29.1 Å². The molecule has 3 aromatic rings. The van der Waals surface area contributed by atoms with E-state index in [9.17, 15) is 33.1 Å². The van der Waals surface area contributed by atoms with Crippen LogP contribution >= 0.6 is 22.9 Å². The Balaban J connectivity index is 1.10. The van der Waals surface area contributed by atoms with Gasteiger partial charge in [-0.15, -0.1) is 11.3 Å². The molecule has 1 saturated heterocycles. The second kappa shape index (κ2) is 17.1. The molecule has 0 spiro atoms. The molecular formula is C45H57ClF2N6O8S. The van der Waals surface area contributed by atoms with Gasteiger partial charge in [-0.1, -0.05) is 45.7 Å². The van der Waals surface area contributed by atoms with Crippen LogP contribution in [-0.2, 0) is 19.1 Å². The fourth-order valence-electron chi connectivity index (χ4n) is 9.67. The van der Waals surface area contributed by atoms with E-state index in [1.54, 1.807) is 18.2 Å². The minimum absolute atomic E-state index is 0.00448. The van der Waals surface area contributed by atoms with Gasteiger partial charge in [0.25, 0.3) is 0 Å². The molecule has 342 valence electrons. The summed E-state index contributed by atoms with van der Waals surface area (Å²) in [6.45, 7) is 11.3. The van der Waals surface area contributed by atoms with Gasteiger partial charge in [-0.2, -0.15) is 0 Å². The van der Waals surface area contributed by atoms with Crippen molar-refractivity contribution in [2.75, 3.05) is 18.5 Å². The predicted octanol–water partition coefficient (Wildman–Crippen LogP) is 8.30. The number of carboxylic acid groups (broad SMARTS) is 1. The van der Waals surface area contributed by atoms with E-state index in [2.05, 4.69) is 16.0 Å². The van der Waals surface area contributed by atoms with Crippen LogP contribution in [0.15, 0.2) is 23.6 Å². The largest absolute Gasteiger partial charge is 0.492 e. The number of benzene rings is 1. The highest BCUT2D eigenvalue weighted by Crippen LogP contribution is 2.53. The van der Waals surface area contributed by atoms with Crippen LogP contribution in [-0.4, -0.2) is 98.8 Å². The number of thiazole rings is 1. The van der Waals surface area contributed by atoms with E-state index in [1.807, 2.05) is 46.9 Å². The Bertz CT molecular complexity index is 2260. The lowest BCUT2D eigenvalue weighted by molar-refractivity contribution is -0.146. The van der Waals surface area contributed by atoms with Crippen LogP contribution in [0.4, 0.5) is 18.7 Å². The molecule has 3 amide bonds. The van der Waals surface area contributed by atoms with Crippen LogP contribution in [0.1, 0.15) is 99.3 Å². The minimum Gasteiger partial charge on any atom is -0.492 e. The summed E-state index contributed by atoms with van der Waals surface area (Å²) in [6.07, 6.45) is 1.73. The number of carboxylic acids is 1. The minimum atomic E-state index is -2.72. The molecular weight excluding hydrogens is 858 g/mol. The number of fused-ring (bicyclic) bond motifs is 2. The number of nitrogens with one attached hydrogen (secondary N) is 3. The van der Waals surface area contributed by atoms with Crippen LogP contribution in [0.25, 0.3) is 22.3 Å². The first-order valence-electron chi connectivity index (χ1n) is 22.1. The van der Waals surface area contributed by atoms with Gasteiger partial charge in [-0.05, 0) is 87.2 Å². The first-order valence-corrected chi connectivity index (χ1v) is 23.3. The molecule has 0 bridgehead atoms. The standard InChI is InChI=1S/C45H57ClF2N6O8S/c1-7-26-18-45(26,40(57)58)53-38(55)32-15-28(19-54(32)39(56)37(43(4,5)6)52-42(59)62-27-13-24-12-25(24)14-27)61-34-16-30(31-21-63-41(51-31)49-22(2)3)50-36-29(34)8-9-33(35(36)46)60-20-23-10-11-44(47,48)17-23/h8-9,16,21-28,32,37H,7,10-15,17-20H2,1-6H3,(H,49,51)(H,52,59)(H,53,55)(H,57,58)/t23-,24-,25+,26+,27?,28+,32-,37+,45+/m0/s1. The summed E-state index contributed by atoms with van der Waals surface area (Å²) >= 11 is 8.41. The number of alkyl halides is 2. The predicted molar refractivity (Wildman–Crippen MR) is 233 cm³/mol. The van der Waals surface area contributed by atoms with E-state index in [-0.39, 0.29) is 73.6 Å². The SMILES string of the molecule is CC[C@@H]1C[C@]1(NC(=O)[C@@H]1C[C@@H](Oc2cc(-c3csc(NC(C)C)n3)nc3c(Cl)c(OC[C@H]4CCC(F)(F)C4)ccc23)CN1C(=O)[C@@H](NC(=O)OC1C[C@@H]2C[C@@H]2C1)C(C)(C)C)C(=O)O. The summed E-state index contributed by atoms with van der Waals surface area (Å²) in [5.41, 5.74) is -1.02. The van der Waals surface area contributed by atoms with Gasteiger partial charge in [-0.3, -0.25) is 9.59 Å². The number of rotatable bonds is 15. The monoisotopic (exact) mass is 914 g/mol. The average molecular weight is 916 g/mol. The maximum Gasteiger partial charge on any atom is 0.408 e. The van der Waals surface area contributed by atoms with E-state index in [4.69, 9.17) is 35.8 Å². The van der Waals surface area contributed by atoms with Crippen molar-refractivity contribution in [3.8, 4) is 22.9 Å². The Morgan fingerprint density at radius 1 is 1.03 bits per heavy atom. The smallest absolute Gasteiger partial charge is 0.408 e. The molecule has 14 nitrogen and oxygen atoms in total. The quantitative estimate of drug-likeness (QED) is 0.115. The molecule has 4 N–H and O–H groups in total. The normalized spacial score (nSPS) is 28.7. The van der Waals surface area contributed by atoms with Crippen molar-refractivity contribution in [2.45, 2.75) is 141 Å². The fourth-order valence-corrected chi connectivity index (χ4v) is 10.8. The number of carbonyl (C=O) groups excluding carboxylic acids is 3. The number of nitrogens with zero attached hydrogens (tertiary/aromatic N) is 3. The van der Waals surface area contributed by atoms with Crippen molar-refractivity contribution >= 4 is 62.8 Å². The molecule has 3 heterocycles. The number of hydrogen-bond donors (Lipinski definition) is 4. The Morgan fingerprint density at radius 3 is 2.41 bits per heavy atom. The van der Waals surface area contributed by atoms with Crippen molar-refractivity contribution in [3.05, 3.63) is 28.6 Å². The van der Waals surface area contributed by atoms with Crippen LogP contribution < -0.4 is 25.4 Å². The zero-order valence-corrected chi connectivity index (χ0v) is 38.0. The van der Waals surface area contributed by atoms with Gasteiger partial charge < -0.3 is 40.2 Å². The number of aliphatic carboxylic acids is 1. The molecule has 8 rings (SSSR count). The molecule has 4 saturated carbocycles. The van der Waals surface area contributed by atoms with Gasteiger partial charge in [0.2, 0.25) is 17.7 Å². The number of aromatic nitrogens is 2. The Morgan fingerprint density at radius 2 is 1.78 bits per heavy atom. The van der Waals surface area contributed by atoms with E-state index < -0.39 is 58.9 Å². The third kappa shape index (κ3) is 9.64. The Kier molecular flexibility index (Phi) is 12.3. The van der Waals surface area contributed by atoms with E-state index in [0.29, 0.717) is 57.8 Å². The van der Waals surface area contributed by atoms with Crippen molar-refractivity contribution in [1.29, 1.82) is 0 Å². The summed E-state index contributed by atoms with van der Waals surface area (Å²) in [5.74, 6) is -3.88. The molecule has 1 aromatic carbocycles. The van der Waals surface area contributed by atoms with Gasteiger partial charge in [0.1, 0.15) is 52.0 Å². The highest BCUT2D eigenvalue weighted by Gasteiger charge is 2.61. The number of halogens is 3. The molecule has 2 aromatic heterocycles. The highest BCUT2D eigenvalue weighted by molar-refractivity contribution is 7.14. The molecule has 5 fully saturated rings. The van der Waals surface area contributed by atoms with Crippen molar-refractivity contribution < 1.29 is 47.3 Å². The average Bonchev–Trinajstić information content (AvgIpc) is 3.74. The maximum atomic E-state index is 14.8. The lowest BCUT2D eigenvalue weighted by Crippen LogP contribution is -2.59. The number of anilines is 1. The molecule has 0 radical (unpaired) electrons. The third-order valence-electron chi connectivity index (χ3n) is 13.3. The topological polar surface area (TPSA) is 181 Å². The number of hydrogen-bond acceptors (Lipinski definition) is 11. The Hall–Kier alpha value is -4.51. The number of pyridine rings is 1. The molecule has 5 aliphatic rings. The zero-order valence-electron chi connectivity index (χ0n) is 36.5. The van der Waals surface area contributed by atoms with E-state index in [0.717, 1.165) is 19.3 Å². The van der Waals surface area contributed by atoms with Gasteiger partial charge in [0, 0.05) is 42.1 Å². The number of likely N-dealkylation sites (tertiary alicyclic amines) is 1. The molecule has 18 heteroatoms. The maximum absolute atomic E-state index is 14.8. The number of ether oxygens (including phenoxy) is 3. The van der Waals surface area contributed by atoms with E-state index in [1.165, 1.54) is 16.2 Å². The lowest BCUT2D eigenvalue weighted by Gasteiger charge is -2.35. The molecule has 1 unspecified atom stereocenters. The second-order valence-electron chi connectivity index (χ2n) is 19.6. The third-order valence-corrected chi connectivity index (χ3v) is 14.5. The summed E-state index contributed by atoms with van der Waals surface area (Å²) in [5, 5.41) is 22.3. The van der Waals surface area contributed by atoms with Crippen LogP contribution in [0.5, 0.6) is 11.5 Å². The fraction of sp³-hybridized carbons (Fsp3) is 0.644. The molecule has 9 atom stereocenters.